The number of hydrogen-bond acceptors (Lipinski definition) is 4. The standard InChI is InChI=1S/C20H20N2O3/c1-24-17-11-15-16(21-19-9-5-6-10-22(19)20(15)23)12-18(17)25-13-14-7-3-2-4-8-14/h2-4,7-8,11-12H,5-6,9-10,13H2,1H3. The van der Waals surface area contributed by atoms with Crippen molar-refractivity contribution in [2.75, 3.05) is 7.11 Å². The Labute approximate surface area is 145 Å². The van der Waals surface area contributed by atoms with Gasteiger partial charge in [0.1, 0.15) is 12.4 Å². The van der Waals surface area contributed by atoms with Crippen molar-refractivity contribution in [3.8, 4) is 11.5 Å². The van der Waals surface area contributed by atoms with Crippen LogP contribution in [-0.4, -0.2) is 16.7 Å². The van der Waals surface area contributed by atoms with E-state index in [9.17, 15) is 4.79 Å². The van der Waals surface area contributed by atoms with E-state index >= 15 is 0 Å². The maximum atomic E-state index is 12.8. The van der Waals surface area contributed by atoms with Gasteiger partial charge in [-0.1, -0.05) is 30.3 Å². The molecule has 0 radical (unpaired) electrons. The van der Waals surface area contributed by atoms with Crippen LogP contribution in [-0.2, 0) is 19.6 Å². The number of ether oxygens (including phenoxy) is 2. The third-order valence-corrected chi connectivity index (χ3v) is 4.59. The Bertz CT molecular complexity index is 964. The first-order chi connectivity index (χ1) is 12.3. The molecule has 3 aromatic rings. The molecule has 0 spiro atoms. The number of benzene rings is 2. The lowest BCUT2D eigenvalue weighted by atomic mass is 10.1. The molecule has 1 aromatic heterocycles. The normalized spacial score (nSPS) is 13.5. The summed E-state index contributed by atoms with van der Waals surface area (Å²) >= 11 is 0. The maximum Gasteiger partial charge on any atom is 0.261 e. The van der Waals surface area contributed by atoms with E-state index < -0.39 is 0 Å². The summed E-state index contributed by atoms with van der Waals surface area (Å²) in [7, 11) is 1.58. The summed E-state index contributed by atoms with van der Waals surface area (Å²) in [5, 5.41) is 0.578. The Morgan fingerprint density at radius 3 is 2.76 bits per heavy atom. The van der Waals surface area contributed by atoms with Gasteiger partial charge in [0.25, 0.3) is 5.56 Å². The lowest BCUT2D eigenvalue weighted by molar-refractivity contribution is 0.285. The first-order valence-corrected chi connectivity index (χ1v) is 8.54. The minimum absolute atomic E-state index is 0.00705. The van der Waals surface area contributed by atoms with E-state index in [2.05, 4.69) is 0 Å². The molecule has 1 aliphatic heterocycles. The Balaban J connectivity index is 1.75. The van der Waals surface area contributed by atoms with Gasteiger partial charge in [-0.15, -0.1) is 0 Å². The second kappa shape index (κ2) is 6.59. The van der Waals surface area contributed by atoms with E-state index in [4.69, 9.17) is 14.5 Å². The van der Waals surface area contributed by atoms with E-state index in [1.165, 1.54) is 0 Å². The molecule has 0 aliphatic carbocycles. The number of fused-ring (bicyclic) bond motifs is 2. The molecule has 4 rings (SSSR count). The number of aryl methyl sites for hydroxylation is 1. The van der Waals surface area contributed by atoms with Crippen molar-refractivity contribution in [3.63, 3.8) is 0 Å². The topological polar surface area (TPSA) is 53.4 Å². The Hall–Kier alpha value is -2.82. The molecule has 0 fully saturated rings. The molecule has 5 heteroatoms. The minimum Gasteiger partial charge on any atom is -0.493 e. The monoisotopic (exact) mass is 336 g/mol. The van der Waals surface area contributed by atoms with Gasteiger partial charge in [-0.05, 0) is 24.5 Å². The molecule has 0 unspecified atom stereocenters. The van der Waals surface area contributed by atoms with Crippen LogP contribution in [0.15, 0.2) is 47.3 Å². The van der Waals surface area contributed by atoms with Crippen LogP contribution >= 0.6 is 0 Å². The van der Waals surface area contributed by atoms with Crippen molar-refractivity contribution < 1.29 is 9.47 Å². The second-order valence-electron chi connectivity index (χ2n) is 6.24. The van der Waals surface area contributed by atoms with Crippen LogP contribution < -0.4 is 15.0 Å². The Kier molecular flexibility index (Phi) is 4.14. The molecule has 2 heterocycles. The average molecular weight is 336 g/mol. The molecule has 0 N–H and O–H groups in total. The highest BCUT2D eigenvalue weighted by Crippen LogP contribution is 2.31. The summed E-state index contributed by atoms with van der Waals surface area (Å²) in [6.07, 6.45) is 2.94. The van der Waals surface area contributed by atoms with E-state index in [0.29, 0.717) is 29.0 Å². The van der Waals surface area contributed by atoms with Gasteiger partial charge in [-0.25, -0.2) is 4.98 Å². The van der Waals surface area contributed by atoms with Crippen LogP contribution in [0.2, 0.25) is 0 Å². The van der Waals surface area contributed by atoms with E-state index in [1.54, 1.807) is 17.7 Å². The summed E-state index contributed by atoms with van der Waals surface area (Å²) in [6, 6.07) is 13.5. The third-order valence-electron chi connectivity index (χ3n) is 4.59. The van der Waals surface area contributed by atoms with Crippen LogP contribution in [0.1, 0.15) is 24.2 Å². The molecular weight excluding hydrogens is 316 g/mol. The van der Waals surface area contributed by atoms with E-state index in [1.807, 2.05) is 36.4 Å². The number of rotatable bonds is 4. The van der Waals surface area contributed by atoms with Crippen molar-refractivity contribution in [1.82, 2.24) is 9.55 Å². The predicted molar refractivity (Wildman–Crippen MR) is 96.3 cm³/mol. The summed E-state index contributed by atoms with van der Waals surface area (Å²) in [5.41, 5.74) is 1.75. The summed E-state index contributed by atoms with van der Waals surface area (Å²) in [6.45, 7) is 1.18. The molecule has 0 bridgehead atoms. The van der Waals surface area contributed by atoms with Gasteiger partial charge in [-0.2, -0.15) is 0 Å². The maximum absolute atomic E-state index is 12.8. The van der Waals surface area contributed by atoms with Crippen LogP contribution in [0.3, 0.4) is 0 Å². The molecule has 0 amide bonds. The molecule has 25 heavy (non-hydrogen) atoms. The zero-order valence-corrected chi connectivity index (χ0v) is 14.2. The highest BCUT2D eigenvalue weighted by atomic mass is 16.5. The first kappa shape index (κ1) is 15.7. The predicted octanol–water partition coefficient (Wildman–Crippen LogP) is 3.32. The minimum atomic E-state index is 0.00705. The van der Waals surface area contributed by atoms with Crippen LogP contribution in [0, 0.1) is 0 Å². The number of aromatic nitrogens is 2. The van der Waals surface area contributed by atoms with E-state index in [0.717, 1.165) is 37.2 Å². The number of methoxy groups -OCH3 is 1. The number of nitrogens with zero attached hydrogens (tertiary/aromatic N) is 2. The van der Waals surface area contributed by atoms with E-state index in [-0.39, 0.29) is 5.56 Å². The zero-order valence-electron chi connectivity index (χ0n) is 14.2. The highest BCUT2D eigenvalue weighted by molar-refractivity contribution is 5.82. The molecule has 0 saturated carbocycles. The first-order valence-electron chi connectivity index (χ1n) is 8.54. The van der Waals surface area contributed by atoms with Crippen LogP contribution in [0.25, 0.3) is 10.9 Å². The zero-order chi connectivity index (χ0) is 17.2. The van der Waals surface area contributed by atoms with Gasteiger partial charge in [-0.3, -0.25) is 9.36 Å². The van der Waals surface area contributed by atoms with Crippen molar-refractivity contribution in [1.29, 1.82) is 0 Å². The van der Waals surface area contributed by atoms with Gasteiger partial charge in [0, 0.05) is 19.0 Å². The fourth-order valence-electron chi connectivity index (χ4n) is 3.26. The van der Waals surface area contributed by atoms with Gasteiger partial charge in [0.15, 0.2) is 11.5 Å². The SMILES string of the molecule is COc1cc2c(=O)n3c(nc2cc1OCc1ccccc1)CCCC3. The van der Waals surface area contributed by atoms with Crippen LogP contribution in [0.4, 0.5) is 0 Å². The lowest BCUT2D eigenvalue weighted by Crippen LogP contribution is -2.28. The second-order valence-corrected chi connectivity index (χ2v) is 6.24. The lowest BCUT2D eigenvalue weighted by Gasteiger charge is -2.18. The largest absolute Gasteiger partial charge is 0.493 e. The molecular formula is C20H20N2O3. The summed E-state index contributed by atoms with van der Waals surface area (Å²) in [5.74, 6) is 2.02. The summed E-state index contributed by atoms with van der Waals surface area (Å²) < 4.78 is 13.2. The smallest absolute Gasteiger partial charge is 0.261 e. The van der Waals surface area contributed by atoms with Gasteiger partial charge >= 0.3 is 0 Å². The number of hydrogen-bond donors (Lipinski definition) is 0. The van der Waals surface area contributed by atoms with Gasteiger partial charge in [0.05, 0.1) is 18.0 Å². The molecule has 0 saturated heterocycles. The van der Waals surface area contributed by atoms with Crippen molar-refractivity contribution >= 4 is 10.9 Å². The molecule has 2 aromatic carbocycles. The van der Waals surface area contributed by atoms with Crippen molar-refractivity contribution in [2.45, 2.75) is 32.4 Å². The molecule has 5 nitrogen and oxygen atoms in total. The molecule has 1 aliphatic rings. The fraction of sp³-hybridized carbons (Fsp3) is 0.300. The van der Waals surface area contributed by atoms with Gasteiger partial charge in [0.2, 0.25) is 0 Å². The average Bonchev–Trinajstić information content (AvgIpc) is 2.67. The van der Waals surface area contributed by atoms with Crippen LogP contribution in [0.5, 0.6) is 11.5 Å². The molecule has 128 valence electrons. The molecule has 0 atom stereocenters. The van der Waals surface area contributed by atoms with Gasteiger partial charge < -0.3 is 9.47 Å². The van der Waals surface area contributed by atoms with Crippen molar-refractivity contribution in [2.24, 2.45) is 0 Å². The highest BCUT2D eigenvalue weighted by Gasteiger charge is 2.17. The Morgan fingerprint density at radius 1 is 1.12 bits per heavy atom. The Morgan fingerprint density at radius 2 is 1.96 bits per heavy atom. The summed E-state index contributed by atoms with van der Waals surface area (Å²) in [4.78, 5) is 17.5. The quantitative estimate of drug-likeness (QED) is 0.733. The van der Waals surface area contributed by atoms with Crippen molar-refractivity contribution in [3.05, 3.63) is 64.2 Å². The third kappa shape index (κ3) is 2.97. The fourth-order valence-corrected chi connectivity index (χ4v) is 3.26.